The van der Waals surface area contributed by atoms with E-state index in [0.29, 0.717) is 26.6 Å². The van der Waals surface area contributed by atoms with Crippen molar-refractivity contribution >= 4 is 51.5 Å². The lowest BCUT2D eigenvalue weighted by molar-refractivity contribution is -0.139. The number of nitrogens with zero attached hydrogens (tertiary/aromatic N) is 1. The van der Waals surface area contributed by atoms with Crippen molar-refractivity contribution in [3.8, 4) is 5.75 Å². The molecule has 0 spiro atoms. The summed E-state index contributed by atoms with van der Waals surface area (Å²) in [7, 11) is 1.30. The van der Waals surface area contributed by atoms with Crippen LogP contribution < -0.4 is 10.1 Å². The number of benzene rings is 1. The minimum absolute atomic E-state index is 0.0509. The molecule has 1 unspecified atom stereocenters. The zero-order valence-corrected chi connectivity index (χ0v) is 15.2. The smallest absolute Gasteiger partial charge is 0.311 e. The molecule has 0 saturated heterocycles. The lowest BCUT2D eigenvalue weighted by atomic mass is 10.3. The van der Waals surface area contributed by atoms with Gasteiger partial charge in [0, 0.05) is 10.4 Å². The van der Waals surface area contributed by atoms with Crippen LogP contribution in [0, 0.1) is 0 Å². The predicted molar refractivity (Wildman–Crippen MR) is 93.0 cm³/mol. The Bertz CT molecular complexity index is 751. The maximum Gasteiger partial charge on any atom is 0.311 e. The van der Waals surface area contributed by atoms with Crippen LogP contribution >= 0.6 is 34.5 Å². The molecule has 2 rings (SSSR count). The van der Waals surface area contributed by atoms with Crippen molar-refractivity contribution in [2.45, 2.75) is 19.4 Å². The number of hydrogen-bond donors (Lipinski definition) is 1. The molecule has 1 aromatic heterocycles. The number of ether oxygens (including phenoxy) is 2. The predicted octanol–water partition coefficient (Wildman–Crippen LogP) is 3.57. The summed E-state index contributed by atoms with van der Waals surface area (Å²) in [6, 6.07) is 4.74. The highest BCUT2D eigenvalue weighted by atomic mass is 35.5. The minimum Gasteiger partial charge on any atom is -0.479 e. The van der Waals surface area contributed by atoms with Gasteiger partial charge in [-0.3, -0.25) is 14.9 Å². The number of hydrogen-bond acceptors (Lipinski definition) is 6. The van der Waals surface area contributed by atoms with E-state index in [1.807, 2.05) is 0 Å². The quantitative estimate of drug-likeness (QED) is 0.765. The van der Waals surface area contributed by atoms with E-state index in [1.165, 1.54) is 24.5 Å². The van der Waals surface area contributed by atoms with Gasteiger partial charge < -0.3 is 9.47 Å². The zero-order chi connectivity index (χ0) is 17.7. The third-order valence-corrected chi connectivity index (χ3v) is 4.24. The van der Waals surface area contributed by atoms with Crippen LogP contribution in [0.25, 0.3) is 0 Å². The molecule has 24 heavy (non-hydrogen) atoms. The molecule has 1 heterocycles. The van der Waals surface area contributed by atoms with Crippen molar-refractivity contribution in [2.24, 2.45) is 0 Å². The van der Waals surface area contributed by atoms with Gasteiger partial charge in [-0.15, -0.1) is 11.3 Å². The van der Waals surface area contributed by atoms with Gasteiger partial charge in [-0.05, 0) is 25.1 Å². The van der Waals surface area contributed by atoms with Crippen LogP contribution in [0.5, 0.6) is 5.75 Å². The number of nitrogens with one attached hydrogen (secondary N) is 1. The fourth-order valence-corrected chi connectivity index (χ4v) is 2.85. The minimum atomic E-state index is -0.795. The van der Waals surface area contributed by atoms with E-state index in [4.69, 9.17) is 27.9 Å². The molecule has 0 saturated carbocycles. The number of amides is 1. The van der Waals surface area contributed by atoms with Crippen molar-refractivity contribution in [3.05, 3.63) is 39.3 Å². The summed E-state index contributed by atoms with van der Waals surface area (Å²) in [5.41, 5.74) is 0.525. The summed E-state index contributed by atoms with van der Waals surface area (Å²) in [4.78, 5) is 27.5. The zero-order valence-electron chi connectivity index (χ0n) is 12.8. The van der Waals surface area contributed by atoms with Crippen LogP contribution in [0.15, 0.2) is 23.6 Å². The normalized spacial score (nSPS) is 11.7. The average molecular weight is 389 g/mol. The van der Waals surface area contributed by atoms with Gasteiger partial charge in [-0.25, -0.2) is 4.98 Å². The third kappa shape index (κ3) is 5.09. The summed E-state index contributed by atoms with van der Waals surface area (Å²) in [5, 5.41) is 5.47. The van der Waals surface area contributed by atoms with Crippen molar-refractivity contribution in [2.75, 3.05) is 12.4 Å². The first-order chi connectivity index (χ1) is 11.4. The van der Waals surface area contributed by atoms with E-state index in [1.54, 1.807) is 24.4 Å². The molecule has 0 fully saturated rings. The number of rotatable bonds is 6. The highest BCUT2D eigenvalue weighted by Gasteiger charge is 2.18. The lowest BCUT2D eigenvalue weighted by Crippen LogP contribution is -2.30. The average Bonchev–Trinajstić information content (AvgIpc) is 2.96. The van der Waals surface area contributed by atoms with E-state index >= 15 is 0 Å². The third-order valence-electron chi connectivity index (χ3n) is 2.90. The molecule has 128 valence electrons. The van der Waals surface area contributed by atoms with Crippen LogP contribution in [-0.2, 0) is 20.7 Å². The van der Waals surface area contributed by atoms with Crippen LogP contribution in [0.4, 0.5) is 5.13 Å². The van der Waals surface area contributed by atoms with Gasteiger partial charge in [0.05, 0.1) is 24.2 Å². The van der Waals surface area contributed by atoms with E-state index in [9.17, 15) is 9.59 Å². The SMILES string of the molecule is COC(=O)Cc1csc(NC(=O)C(C)Oc2ccc(Cl)cc2Cl)n1. The monoisotopic (exact) mass is 388 g/mol. The van der Waals surface area contributed by atoms with E-state index < -0.39 is 12.1 Å². The maximum absolute atomic E-state index is 12.2. The van der Waals surface area contributed by atoms with E-state index in [-0.39, 0.29) is 12.3 Å². The molecule has 1 atom stereocenters. The molecule has 1 N–H and O–H groups in total. The summed E-state index contributed by atoms with van der Waals surface area (Å²) in [6.45, 7) is 1.59. The lowest BCUT2D eigenvalue weighted by Gasteiger charge is -2.14. The molecule has 0 radical (unpaired) electrons. The topological polar surface area (TPSA) is 77.5 Å². The highest BCUT2D eigenvalue weighted by Crippen LogP contribution is 2.28. The van der Waals surface area contributed by atoms with Crippen molar-refractivity contribution in [1.82, 2.24) is 4.98 Å². The molecule has 9 heteroatoms. The van der Waals surface area contributed by atoms with Crippen molar-refractivity contribution in [1.29, 1.82) is 0 Å². The Hall–Kier alpha value is -1.83. The van der Waals surface area contributed by atoms with Gasteiger partial charge >= 0.3 is 5.97 Å². The number of halogens is 2. The Labute approximate surface area is 152 Å². The summed E-state index contributed by atoms with van der Waals surface area (Å²) in [5.74, 6) is -0.429. The fraction of sp³-hybridized carbons (Fsp3) is 0.267. The van der Waals surface area contributed by atoms with Gasteiger partial charge in [-0.2, -0.15) is 0 Å². The van der Waals surface area contributed by atoms with Gasteiger partial charge in [-0.1, -0.05) is 23.2 Å². The van der Waals surface area contributed by atoms with Gasteiger partial charge in [0.1, 0.15) is 5.75 Å². The first kappa shape index (κ1) is 18.5. The Morgan fingerprint density at radius 3 is 2.79 bits per heavy atom. The summed E-state index contributed by atoms with van der Waals surface area (Å²) in [6.07, 6.45) is -0.744. The summed E-state index contributed by atoms with van der Waals surface area (Å²) < 4.78 is 10.1. The Balaban J connectivity index is 1.95. The largest absolute Gasteiger partial charge is 0.479 e. The van der Waals surface area contributed by atoms with Crippen LogP contribution in [0.3, 0.4) is 0 Å². The van der Waals surface area contributed by atoms with E-state index in [2.05, 4.69) is 15.0 Å². The Morgan fingerprint density at radius 2 is 2.12 bits per heavy atom. The maximum atomic E-state index is 12.2. The first-order valence-corrected chi connectivity index (χ1v) is 8.46. The molecule has 0 aliphatic heterocycles. The number of anilines is 1. The van der Waals surface area contributed by atoms with Gasteiger partial charge in [0.15, 0.2) is 11.2 Å². The highest BCUT2D eigenvalue weighted by molar-refractivity contribution is 7.13. The molecular formula is C15H14Cl2N2O4S. The number of carbonyl (C=O) groups is 2. The summed E-state index contributed by atoms with van der Waals surface area (Å²) >= 11 is 13.0. The molecule has 6 nitrogen and oxygen atoms in total. The van der Waals surface area contributed by atoms with Crippen LogP contribution in [0.2, 0.25) is 10.0 Å². The molecule has 0 bridgehead atoms. The molecular weight excluding hydrogens is 375 g/mol. The number of methoxy groups -OCH3 is 1. The second-order valence-electron chi connectivity index (χ2n) is 4.72. The molecule has 2 aromatic rings. The second kappa shape index (κ2) is 8.32. The number of aromatic nitrogens is 1. The van der Waals surface area contributed by atoms with Crippen molar-refractivity contribution in [3.63, 3.8) is 0 Å². The van der Waals surface area contributed by atoms with E-state index in [0.717, 1.165) is 0 Å². The second-order valence-corrected chi connectivity index (χ2v) is 6.42. The Morgan fingerprint density at radius 1 is 1.38 bits per heavy atom. The van der Waals surface area contributed by atoms with Crippen molar-refractivity contribution < 1.29 is 19.1 Å². The standard InChI is InChI=1S/C15H14Cl2N2O4S/c1-8(23-12-4-3-9(16)5-11(12)17)14(21)19-15-18-10(7-24-15)6-13(20)22-2/h3-5,7-8H,6H2,1-2H3,(H,18,19,21). The van der Waals surface area contributed by atoms with Crippen LogP contribution in [-0.4, -0.2) is 30.1 Å². The Kier molecular flexibility index (Phi) is 6.42. The number of carbonyl (C=O) groups excluding carboxylic acids is 2. The fourth-order valence-electron chi connectivity index (χ4n) is 1.69. The number of thiazole rings is 1. The number of esters is 1. The molecule has 1 aromatic carbocycles. The molecule has 1 amide bonds. The molecule has 0 aliphatic carbocycles. The van der Waals surface area contributed by atoms with Crippen LogP contribution in [0.1, 0.15) is 12.6 Å². The van der Waals surface area contributed by atoms with Gasteiger partial charge in [0.2, 0.25) is 0 Å². The van der Waals surface area contributed by atoms with Gasteiger partial charge in [0.25, 0.3) is 5.91 Å². The first-order valence-electron chi connectivity index (χ1n) is 6.83. The molecule has 0 aliphatic rings.